The Morgan fingerprint density at radius 1 is 1.54 bits per heavy atom. The van der Waals surface area contributed by atoms with Crippen LogP contribution in [0.15, 0.2) is 0 Å². The van der Waals surface area contributed by atoms with E-state index < -0.39 is 0 Å². The molecule has 1 unspecified atom stereocenters. The summed E-state index contributed by atoms with van der Waals surface area (Å²) in [5.41, 5.74) is 0.436. The molecule has 0 aliphatic heterocycles. The minimum absolute atomic E-state index is 0.0988. The van der Waals surface area contributed by atoms with Crippen LogP contribution in [0.25, 0.3) is 0 Å². The minimum Gasteiger partial charge on any atom is -0.378 e. The Hall–Kier alpha value is -0.570. The Labute approximate surface area is 78.8 Å². The van der Waals surface area contributed by atoms with Gasteiger partial charge in [-0.3, -0.25) is 4.79 Å². The first-order chi connectivity index (χ1) is 6.16. The molecule has 2 aliphatic rings. The van der Waals surface area contributed by atoms with Crippen molar-refractivity contribution >= 4 is 5.91 Å². The van der Waals surface area contributed by atoms with Crippen LogP contribution in [0.4, 0.5) is 0 Å². The Bertz CT molecular complexity index is 221. The molecule has 0 aromatic carbocycles. The zero-order valence-corrected chi connectivity index (χ0v) is 8.30. The number of amides is 1. The lowest BCUT2D eigenvalue weighted by Crippen LogP contribution is -2.39. The van der Waals surface area contributed by atoms with Crippen LogP contribution in [0.2, 0.25) is 0 Å². The minimum atomic E-state index is 0.0988. The zero-order chi connectivity index (χ0) is 9.47. The molecule has 1 spiro atoms. The number of ether oxygens (including phenoxy) is 1. The van der Waals surface area contributed by atoms with Crippen molar-refractivity contribution in [1.82, 2.24) is 5.32 Å². The van der Waals surface area contributed by atoms with Crippen LogP contribution >= 0.6 is 0 Å². The van der Waals surface area contributed by atoms with E-state index in [1.165, 1.54) is 0 Å². The predicted octanol–water partition coefficient (Wildman–Crippen LogP) is 1.08. The Balaban J connectivity index is 1.72. The molecular weight excluding hydrogens is 166 g/mol. The van der Waals surface area contributed by atoms with Crippen molar-refractivity contribution < 1.29 is 9.53 Å². The van der Waals surface area contributed by atoms with Crippen molar-refractivity contribution in [3.63, 3.8) is 0 Å². The van der Waals surface area contributed by atoms with E-state index in [0.717, 1.165) is 25.9 Å². The summed E-state index contributed by atoms with van der Waals surface area (Å²) in [4.78, 5) is 10.8. The van der Waals surface area contributed by atoms with E-state index in [9.17, 15) is 4.79 Å². The maximum absolute atomic E-state index is 10.8. The second-order valence-electron chi connectivity index (χ2n) is 4.31. The summed E-state index contributed by atoms with van der Waals surface area (Å²) in [6, 6.07) is 0.446. The predicted molar refractivity (Wildman–Crippen MR) is 49.3 cm³/mol. The van der Waals surface area contributed by atoms with Crippen molar-refractivity contribution in [2.45, 2.75) is 45.3 Å². The second-order valence-corrected chi connectivity index (χ2v) is 4.31. The highest BCUT2D eigenvalue weighted by atomic mass is 16.5. The van der Waals surface area contributed by atoms with Crippen molar-refractivity contribution in [1.29, 1.82) is 0 Å². The molecular formula is C10H17NO2. The van der Waals surface area contributed by atoms with Gasteiger partial charge in [0.05, 0.1) is 6.10 Å². The van der Waals surface area contributed by atoms with Crippen LogP contribution in [0, 0.1) is 5.41 Å². The molecule has 13 heavy (non-hydrogen) atoms. The van der Waals surface area contributed by atoms with E-state index in [4.69, 9.17) is 4.74 Å². The lowest BCUT2D eigenvalue weighted by molar-refractivity contribution is -0.119. The number of carbonyl (C=O) groups is 1. The molecule has 0 aromatic rings. The topological polar surface area (TPSA) is 38.3 Å². The van der Waals surface area contributed by atoms with Crippen molar-refractivity contribution in [2.24, 2.45) is 5.41 Å². The summed E-state index contributed by atoms with van der Waals surface area (Å²) in [5.74, 6) is 0.0988. The molecule has 1 amide bonds. The quantitative estimate of drug-likeness (QED) is 0.711. The lowest BCUT2D eigenvalue weighted by atomic mass is 9.78. The van der Waals surface area contributed by atoms with Crippen LogP contribution < -0.4 is 5.32 Å². The van der Waals surface area contributed by atoms with Gasteiger partial charge in [0, 0.05) is 19.6 Å². The van der Waals surface area contributed by atoms with E-state index in [1.807, 2.05) is 6.92 Å². The van der Waals surface area contributed by atoms with Crippen molar-refractivity contribution in [3.8, 4) is 0 Å². The number of hydrogen-bond donors (Lipinski definition) is 1. The summed E-state index contributed by atoms with van der Waals surface area (Å²) >= 11 is 0. The van der Waals surface area contributed by atoms with E-state index in [0.29, 0.717) is 17.6 Å². The van der Waals surface area contributed by atoms with Crippen LogP contribution in [-0.2, 0) is 9.53 Å². The molecule has 3 heteroatoms. The van der Waals surface area contributed by atoms with Gasteiger partial charge in [0.1, 0.15) is 0 Å². The molecule has 1 atom stereocenters. The van der Waals surface area contributed by atoms with E-state index in [-0.39, 0.29) is 5.91 Å². The highest BCUT2D eigenvalue weighted by molar-refractivity contribution is 5.73. The second kappa shape index (κ2) is 2.98. The fourth-order valence-corrected chi connectivity index (χ4v) is 2.45. The number of rotatable bonds is 3. The van der Waals surface area contributed by atoms with Gasteiger partial charge in [-0.15, -0.1) is 0 Å². The summed E-state index contributed by atoms with van der Waals surface area (Å²) in [5, 5.41) is 2.98. The van der Waals surface area contributed by atoms with Gasteiger partial charge in [-0.1, -0.05) is 0 Å². The monoisotopic (exact) mass is 183 g/mol. The van der Waals surface area contributed by atoms with Gasteiger partial charge in [0.15, 0.2) is 0 Å². The Kier molecular flexibility index (Phi) is 2.06. The average Bonchev–Trinajstić information content (AvgIpc) is 2.61. The largest absolute Gasteiger partial charge is 0.378 e. The zero-order valence-electron chi connectivity index (χ0n) is 8.30. The van der Waals surface area contributed by atoms with Gasteiger partial charge in [0.25, 0.3) is 0 Å². The molecule has 0 heterocycles. The molecule has 0 aromatic heterocycles. The van der Waals surface area contributed by atoms with Crippen LogP contribution in [-0.4, -0.2) is 24.7 Å². The maximum Gasteiger partial charge on any atom is 0.217 e. The fraction of sp³-hybridized carbons (Fsp3) is 0.900. The third-order valence-corrected chi connectivity index (χ3v) is 3.24. The Morgan fingerprint density at radius 3 is 2.77 bits per heavy atom. The highest BCUT2D eigenvalue weighted by Crippen LogP contribution is 2.61. The van der Waals surface area contributed by atoms with Gasteiger partial charge in [-0.25, -0.2) is 0 Å². The van der Waals surface area contributed by atoms with Crippen molar-refractivity contribution in [3.05, 3.63) is 0 Å². The number of carbonyl (C=O) groups excluding carboxylic acids is 1. The summed E-state index contributed by atoms with van der Waals surface area (Å²) in [6.45, 7) is 4.43. The van der Waals surface area contributed by atoms with E-state index in [2.05, 4.69) is 5.32 Å². The van der Waals surface area contributed by atoms with E-state index >= 15 is 0 Å². The first kappa shape index (κ1) is 9.00. The molecule has 0 radical (unpaired) electrons. The molecule has 3 nitrogen and oxygen atoms in total. The maximum atomic E-state index is 10.8. The first-order valence-electron chi connectivity index (χ1n) is 5.05. The first-order valence-corrected chi connectivity index (χ1v) is 5.05. The van der Waals surface area contributed by atoms with Gasteiger partial charge >= 0.3 is 0 Å². The lowest BCUT2D eigenvalue weighted by Gasteiger charge is -2.36. The molecule has 2 aliphatic carbocycles. The average molecular weight is 183 g/mol. The fourth-order valence-electron chi connectivity index (χ4n) is 2.45. The SMILES string of the molecule is CCOC1CC2(C1)CC2NC(C)=O. The Morgan fingerprint density at radius 2 is 2.23 bits per heavy atom. The van der Waals surface area contributed by atoms with Gasteiger partial charge in [-0.2, -0.15) is 0 Å². The highest BCUT2D eigenvalue weighted by Gasteiger charge is 2.62. The smallest absolute Gasteiger partial charge is 0.217 e. The normalized spacial score (nSPS) is 41.4. The molecule has 1 N–H and O–H groups in total. The van der Waals surface area contributed by atoms with E-state index in [1.54, 1.807) is 6.92 Å². The molecule has 2 rings (SSSR count). The van der Waals surface area contributed by atoms with Gasteiger partial charge in [-0.05, 0) is 31.6 Å². The van der Waals surface area contributed by atoms with Gasteiger partial charge in [0.2, 0.25) is 5.91 Å². The molecule has 74 valence electrons. The summed E-state index contributed by atoms with van der Waals surface area (Å²) in [7, 11) is 0. The number of nitrogens with one attached hydrogen (secondary N) is 1. The standard InChI is InChI=1S/C10H17NO2/c1-3-13-8-4-10(5-8)6-9(10)11-7(2)12/h8-9H,3-6H2,1-2H3,(H,11,12). The molecule has 2 saturated carbocycles. The number of hydrogen-bond acceptors (Lipinski definition) is 2. The molecule has 0 bridgehead atoms. The third-order valence-electron chi connectivity index (χ3n) is 3.24. The van der Waals surface area contributed by atoms with Crippen LogP contribution in [0.1, 0.15) is 33.1 Å². The van der Waals surface area contributed by atoms with Crippen LogP contribution in [0.3, 0.4) is 0 Å². The van der Waals surface area contributed by atoms with Gasteiger partial charge < -0.3 is 10.1 Å². The van der Waals surface area contributed by atoms with Crippen LogP contribution in [0.5, 0.6) is 0 Å². The molecule has 2 fully saturated rings. The molecule has 0 saturated heterocycles. The summed E-state index contributed by atoms with van der Waals surface area (Å²) < 4.78 is 5.49. The van der Waals surface area contributed by atoms with Crippen molar-refractivity contribution in [2.75, 3.05) is 6.61 Å². The third kappa shape index (κ3) is 1.57. The summed E-state index contributed by atoms with van der Waals surface area (Å²) in [6.07, 6.45) is 3.91.